The van der Waals surface area contributed by atoms with Crippen LogP contribution in [0.1, 0.15) is 11.1 Å². The molecule has 1 fully saturated rings. The van der Waals surface area contributed by atoms with Gasteiger partial charge in [0, 0.05) is 38.4 Å². The molecule has 2 aromatic rings. The number of urea groups is 1. The van der Waals surface area contributed by atoms with Gasteiger partial charge in [-0.1, -0.05) is 48.5 Å². The summed E-state index contributed by atoms with van der Waals surface area (Å²) < 4.78 is 0. The zero-order valence-electron chi connectivity index (χ0n) is 15.6. The molecule has 27 heavy (non-hydrogen) atoms. The van der Waals surface area contributed by atoms with E-state index in [1.807, 2.05) is 36.4 Å². The molecule has 0 atom stereocenters. The number of amides is 3. The summed E-state index contributed by atoms with van der Waals surface area (Å²) in [4.78, 5) is 28.4. The summed E-state index contributed by atoms with van der Waals surface area (Å²) in [5.74, 6) is -0.273. The van der Waals surface area contributed by atoms with Crippen LogP contribution in [-0.4, -0.2) is 49.6 Å². The molecule has 1 aliphatic heterocycles. The van der Waals surface area contributed by atoms with Crippen LogP contribution < -0.4 is 15.5 Å². The van der Waals surface area contributed by atoms with Crippen LogP contribution >= 0.6 is 0 Å². The van der Waals surface area contributed by atoms with E-state index in [1.165, 1.54) is 11.3 Å². The van der Waals surface area contributed by atoms with Crippen molar-refractivity contribution in [3.05, 3.63) is 65.7 Å². The number of imide groups is 1. The highest BCUT2D eigenvalue weighted by Crippen LogP contribution is 2.20. The van der Waals surface area contributed by atoms with Gasteiger partial charge >= 0.3 is 6.03 Å². The molecule has 2 N–H and O–H groups in total. The summed E-state index contributed by atoms with van der Waals surface area (Å²) >= 11 is 0. The van der Waals surface area contributed by atoms with Gasteiger partial charge in [-0.3, -0.25) is 15.0 Å². The fourth-order valence-electron chi connectivity index (χ4n) is 3.26. The Morgan fingerprint density at radius 1 is 0.926 bits per heavy atom. The second-order valence-electron chi connectivity index (χ2n) is 6.77. The number of hydrogen-bond acceptors (Lipinski definition) is 4. The number of hydrogen-bond donors (Lipinski definition) is 2. The van der Waals surface area contributed by atoms with Crippen LogP contribution in [0.5, 0.6) is 0 Å². The van der Waals surface area contributed by atoms with Gasteiger partial charge in [0.15, 0.2) is 0 Å². The van der Waals surface area contributed by atoms with Crippen LogP contribution in [-0.2, 0) is 11.3 Å². The topological polar surface area (TPSA) is 64.7 Å². The Labute approximate surface area is 160 Å². The van der Waals surface area contributed by atoms with Gasteiger partial charge in [0.05, 0.1) is 6.54 Å². The molecule has 3 amide bonds. The minimum atomic E-state index is -0.456. The number of anilines is 1. The third-order valence-corrected chi connectivity index (χ3v) is 4.74. The van der Waals surface area contributed by atoms with Crippen molar-refractivity contribution in [2.45, 2.75) is 13.5 Å². The Morgan fingerprint density at radius 3 is 2.30 bits per heavy atom. The fraction of sp³-hybridized carbons (Fsp3) is 0.333. The number of aryl methyl sites for hydroxylation is 1. The molecule has 0 spiro atoms. The van der Waals surface area contributed by atoms with Gasteiger partial charge in [-0.15, -0.1) is 0 Å². The molecule has 0 unspecified atom stereocenters. The number of benzene rings is 2. The summed E-state index contributed by atoms with van der Waals surface area (Å²) in [6.07, 6.45) is 0. The number of carbonyl (C=O) groups is 2. The van der Waals surface area contributed by atoms with Gasteiger partial charge < -0.3 is 10.2 Å². The number of nitrogens with zero attached hydrogens (tertiary/aromatic N) is 2. The van der Waals surface area contributed by atoms with Crippen molar-refractivity contribution in [2.24, 2.45) is 0 Å². The lowest BCUT2D eigenvalue weighted by molar-refractivity contribution is -0.121. The first kappa shape index (κ1) is 18.9. The predicted octanol–water partition coefficient (Wildman–Crippen LogP) is 2.14. The average molecular weight is 366 g/mol. The highest BCUT2D eigenvalue weighted by atomic mass is 16.2. The highest BCUT2D eigenvalue weighted by Gasteiger charge is 2.20. The number of nitrogens with one attached hydrogen (secondary N) is 2. The van der Waals surface area contributed by atoms with Crippen LogP contribution in [0.25, 0.3) is 0 Å². The van der Waals surface area contributed by atoms with Gasteiger partial charge in [0.1, 0.15) is 0 Å². The van der Waals surface area contributed by atoms with Crippen LogP contribution in [0.3, 0.4) is 0 Å². The Bertz CT molecular complexity index is 771. The zero-order valence-corrected chi connectivity index (χ0v) is 15.6. The Kier molecular flexibility index (Phi) is 6.44. The standard InChI is InChI=1S/C21H26N4O2/c1-17-7-5-6-10-19(17)25-13-11-24(12-14-25)16-20(26)23-21(27)22-15-18-8-3-2-4-9-18/h2-10H,11-16H2,1H3,(H2,22,23,26,27). The first-order valence-corrected chi connectivity index (χ1v) is 9.26. The second kappa shape index (κ2) is 9.19. The third-order valence-electron chi connectivity index (χ3n) is 4.74. The van der Waals surface area contributed by atoms with Crippen molar-refractivity contribution in [1.29, 1.82) is 0 Å². The molecule has 1 heterocycles. The predicted molar refractivity (Wildman–Crippen MR) is 107 cm³/mol. The molecule has 0 aliphatic carbocycles. The van der Waals surface area contributed by atoms with Crippen molar-refractivity contribution >= 4 is 17.6 Å². The van der Waals surface area contributed by atoms with Crippen molar-refractivity contribution in [1.82, 2.24) is 15.5 Å². The Balaban J connectivity index is 1.39. The first-order valence-electron chi connectivity index (χ1n) is 9.26. The van der Waals surface area contributed by atoms with E-state index in [1.54, 1.807) is 0 Å². The molecule has 6 nitrogen and oxygen atoms in total. The largest absolute Gasteiger partial charge is 0.369 e. The second-order valence-corrected chi connectivity index (χ2v) is 6.77. The van der Waals surface area contributed by atoms with E-state index in [0.29, 0.717) is 6.54 Å². The normalized spacial score (nSPS) is 14.6. The van der Waals surface area contributed by atoms with Crippen LogP contribution in [0.2, 0.25) is 0 Å². The van der Waals surface area contributed by atoms with Crippen LogP contribution in [0.4, 0.5) is 10.5 Å². The number of carbonyl (C=O) groups excluding carboxylic acids is 2. The Hall–Kier alpha value is -2.86. The number of para-hydroxylation sites is 1. The lowest BCUT2D eigenvalue weighted by atomic mass is 10.1. The summed E-state index contributed by atoms with van der Waals surface area (Å²) in [6, 6.07) is 17.5. The van der Waals surface area contributed by atoms with Crippen molar-refractivity contribution < 1.29 is 9.59 Å². The maximum atomic E-state index is 12.1. The van der Waals surface area contributed by atoms with Gasteiger partial charge in [0.2, 0.25) is 5.91 Å². The smallest absolute Gasteiger partial charge is 0.321 e. The van der Waals surface area contributed by atoms with E-state index in [9.17, 15) is 9.59 Å². The number of piperazine rings is 1. The van der Waals surface area contributed by atoms with Crippen molar-refractivity contribution in [3.8, 4) is 0 Å². The SMILES string of the molecule is Cc1ccccc1N1CCN(CC(=O)NC(=O)NCc2ccccc2)CC1. The molecule has 142 valence electrons. The van der Waals surface area contributed by atoms with E-state index in [2.05, 4.69) is 45.6 Å². The molecule has 0 radical (unpaired) electrons. The molecule has 3 rings (SSSR count). The van der Waals surface area contributed by atoms with Gasteiger partial charge in [-0.05, 0) is 24.1 Å². The maximum absolute atomic E-state index is 12.1. The molecule has 2 aromatic carbocycles. The quantitative estimate of drug-likeness (QED) is 0.851. The summed E-state index contributed by atoms with van der Waals surface area (Å²) in [6.45, 7) is 6.09. The van der Waals surface area contributed by atoms with Crippen molar-refractivity contribution in [2.75, 3.05) is 37.6 Å². The molecule has 1 aliphatic rings. The molecule has 6 heteroatoms. The van der Waals surface area contributed by atoms with E-state index in [0.717, 1.165) is 31.7 Å². The minimum Gasteiger partial charge on any atom is -0.369 e. The molecular formula is C21H26N4O2. The van der Waals surface area contributed by atoms with Gasteiger partial charge in [-0.2, -0.15) is 0 Å². The lowest BCUT2D eigenvalue weighted by Crippen LogP contribution is -2.51. The molecular weight excluding hydrogens is 340 g/mol. The maximum Gasteiger partial charge on any atom is 0.321 e. The number of rotatable bonds is 5. The van der Waals surface area contributed by atoms with Gasteiger partial charge in [0.25, 0.3) is 0 Å². The lowest BCUT2D eigenvalue weighted by Gasteiger charge is -2.36. The summed E-state index contributed by atoms with van der Waals surface area (Å²) in [5.41, 5.74) is 3.51. The average Bonchev–Trinajstić information content (AvgIpc) is 2.68. The minimum absolute atomic E-state index is 0.236. The van der Waals surface area contributed by atoms with Gasteiger partial charge in [-0.25, -0.2) is 4.79 Å². The van der Waals surface area contributed by atoms with Crippen LogP contribution in [0, 0.1) is 6.92 Å². The summed E-state index contributed by atoms with van der Waals surface area (Å²) in [7, 11) is 0. The molecule has 1 saturated heterocycles. The van der Waals surface area contributed by atoms with Crippen molar-refractivity contribution in [3.63, 3.8) is 0 Å². The molecule has 0 saturated carbocycles. The molecule has 0 aromatic heterocycles. The first-order chi connectivity index (χ1) is 13.1. The molecule has 0 bridgehead atoms. The van der Waals surface area contributed by atoms with E-state index >= 15 is 0 Å². The third kappa shape index (κ3) is 5.56. The van der Waals surface area contributed by atoms with E-state index in [-0.39, 0.29) is 12.5 Å². The summed E-state index contributed by atoms with van der Waals surface area (Å²) in [5, 5.41) is 5.11. The Morgan fingerprint density at radius 2 is 1.59 bits per heavy atom. The van der Waals surface area contributed by atoms with E-state index < -0.39 is 6.03 Å². The highest BCUT2D eigenvalue weighted by molar-refractivity contribution is 5.95. The zero-order chi connectivity index (χ0) is 19.1. The van der Waals surface area contributed by atoms with Crippen LogP contribution in [0.15, 0.2) is 54.6 Å². The monoisotopic (exact) mass is 366 g/mol. The van der Waals surface area contributed by atoms with E-state index in [4.69, 9.17) is 0 Å². The fourth-order valence-corrected chi connectivity index (χ4v) is 3.26.